The molecule has 3 heteroatoms. The van der Waals surface area contributed by atoms with E-state index >= 15 is 0 Å². The molecular formula is C17H27ClN2. The molecule has 1 heterocycles. The van der Waals surface area contributed by atoms with E-state index in [-0.39, 0.29) is 0 Å². The topological polar surface area (TPSA) is 15.3 Å². The fourth-order valence-electron chi connectivity index (χ4n) is 2.95. The molecule has 20 heavy (non-hydrogen) atoms. The fraction of sp³-hybridized carbons (Fsp3) is 0.647. The number of nitrogens with zero attached hydrogens (tertiary/aromatic N) is 1. The van der Waals surface area contributed by atoms with Crippen molar-refractivity contribution in [1.82, 2.24) is 10.2 Å². The zero-order chi connectivity index (χ0) is 14.2. The number of piperidine rings is 1. The van der Waals surface area contributed by atoms with E-state index in [4.69, 9.17) is 11.6 Å². The monoisotopic (exact) mass is 294 g/mol. The summed E-state index contributed by atoms with van der Waals surface area (Å²) < 4.78 is 0. The molecule has 112 valence electrons. The molecule has 1 aromatic rings. The lowest BCUT2D eigenvalue weighted by Gasteiger charge is -2.26. The van der Waals surface area contributed by atoms with Gasteiger partial charge in [-0.25, -0.2) is 0 Å². The minimum Gasteiger partial charge on any atom is -0.310 e. The highest BCUT2D eigenvalue weighted by Gasteiger charge is 2.11. The van der Waals surface area contributed by atoms with Gasteiger partial charge in [0.15, 0.2) is 0 Å². The van der Waals surface area contributed by atoms with E-state index in [0.29, 0.717) is 6.04 Å². The van der Waals surface area contributed by atoms with E-state index in [0.717, 1.165) is 18.0 Å². The molecule has 1 unspecified atom stereocenters. The Hall–Kier alpha value is -0.570. The van der Waals surface area contributed by atoms with Crippen LogP contribution in [0, 0.1) is 0 Å². The lowest BCUT2D eigenvalue weighted by atomic mass is 10.0. The number of nitrogens with one attached hydrogen (secondary N) is 1. The summed E-state index contributed by atoms with van der Waals surface area (Å²) in [6.07, 6.45) is 6.55. The van der Waals surface area contributed by atoms with E-state index in [1.807, 2.05) is 12.1 Å². The highest BCUT2D eigenvalue weighted by molar-refractivity contribution is 6.30. The molecule has 1 atom stereocenters. The summed E-state index contributed by atoms with van der Waals surface area (Å²) in [7, 11) is 0. The summed E-state index contributed by atoms with van der Waals surface area (Å²) >= 11 is 5.95. The third-order valence-corrected chi connectivity index (χ3v) is 4.42. The second-order valence-corrected chi connectivity index (χ2v) is 6.16. The van der Waals surface area contributed by atoms with E-state index in [1.54, 1.807) is 0 Å². The molecule has 1 fully saturated rings. The average molecular weight is 295 g/mol. The molecule has 0 aromatic heterocycles. The van der Waals surface area contributed by atoms with Crippen LogP contribution in [0.1, 0.15) is 50.6 Å². The van der Waals surface area contributed by atoms with Crippen LogP contribution in [-0.2, 0) is 0 Å². The maximum Gasteiger partial charge on any atom is 0.0406 e. The van der Waals surface area contributed by atoms with Gasteiger partial charge in [-0.3, -0.25) is 0 Å². The van der Waals surface area contributed by atoms with Gasteiger partial charge in [0, 0.05) is 11.1 Å². The zero-order valence-electron chi connectivity index (χ0n) is 12.6. The van der Waals surface area contributed by atoms with E-state index in [2.05, 4.69) is 29.3 Å². The molecular weight excluding hydrogens is 268 g/mol. The highest BCUT2D eigenvalue weighted by Crippen LogP contribution is 2.19. The van der Waals surface area contributed by atoms with Crippen molar-refractivity contribution in [3.8, 4) is 0 Å². The van der Waals surface area contributed by atoms with Gasteiger partial charge in [-0.05, 0) is 69.6 Å². The van der Waals surface area contributed by atoms with E-state index < -0.39 is 0 Å². The fourth-order valence-corrected chi connectivity index (χ4v) is 3.08. The van der Waals surface area contributed by atoms with Crippen molar-refractivity contribution in [2.45, 2.75) is 45.1 Å². The number of rotatable bonds is 7. The first-order chi connectivity index (χ1) is 9.79. The first-order valence-electron chi connectivity index (χ1n) is 8.01. The Kier molecular flexibility index (Phi) is 6.85. The number of benzene rings is 1. The van der Waals surface area contributed by atoms with Crippen molar-refractivity contribution in [1.29, 1.82) is 0 Å². The molecule has 0 radical (unpaired) electrons. The van der Waals surface area contributed by atoms with Crippen LogP contribution in [0.4, 0.5) is 0 Å². The summed E-state index contributed by atoms with van der Waals surface area (Å²) in [6, 6.07) is 8.68. The number of hydrogen-bond acceptors (Lipinski definition) is 2. The molecule has 0 amide bonds. The standard InChI is InChI=1S/C17H27ClN2/c1-2-17(15-7-9-16(18)10-8-15)19-11-6-14-20-12-4-3-5-13-20/h7-10,17,19H,2-6,11-14H2,1H3. The largest absolute Gasteiger partial charge is 0.310 e. The summed E-state index contributed by atoms with van der Waals surface area (Å²) in [5.74, 6) is 0. The van der Waals surface area contributed by atoms with Crippen molar-refractivity contribution in [2.75, 3.05) is 26.2 Å². The molecule has 0 bridgehead atoms. The number of halogens is 1. The second kappa shape index (κ2) is 8.66. The van der Waals surface area contributed by atoms with Crippen molar-refractivity contribution >= 4 is 11.6 Å². The Morgan fingerprint density at radius 3 is 2.50 bits per heavy atom. The van der Waals surface area contributed by atoms with Crippen molar-refractivity contribution in [3.63, 3.8) is 0 Å². The maximum atomic E-state index is 5.95. The lowest BCUT2D eigenvalue weighted by Crippen LogP contribution is -2.32. The van der Waals surface area contributed by atoms with Crippen LogP contribution in [-0.4, -0.2) is 31.1 Å². The average Bonchev–Trinajstić information content (AvgIpc) is 2.50. The molecule has 1 N–H and O–H groups in total. The SMILES string of the molecule is CCC(NCCCN1CCCCC1)c1ccc(Cl)cc1. The molecule has 0 saturated carbocycles. The highest BCUT2D eigenvalue weighted by atomic mass is 35.5. The Bertz CT molecular complexity index is 371. The van der Waals surface area contributed by atoms with Crippen LogP contribution in [0.5, 0.6) is 0 Å². The molecule has 0 aliphatic carbocycles. The lowest BCUT2D eigenvalue weighted by molar-refractivity contribution is 0.224. The Morgan fingerprint density at radius 1 is 1.15 bits per heavy atom. The smallest absolute Gasteiger partial charge is 0.0406 e. The van der Waals surface area contributed by atoms with Crippen LogP contribution in [0.25, 0.3) is 0 Å². The molecule has 1 aliphatic heterocycles. The van der Waals surface area contributed by atoms with Gasteiger partial charge in [0.2, 0.25) is 0 Å². The van der Waals surface area contributed by atoms with Crippen molar-refractivity contribution in [2.24, 2.45) is 0 Å². The summed E-state index contributed by atoms with van der Waals surface area (Å²) in [5.41, 5.74) is 1.34. The molecule has 2 nitrogen and oxygen atoms in total. The second-order valence-electron chi connectivity index (χ2n) is 5.72. The zero-order valence-corrected chi connectivity index (χ0v) is 13.3. The molecule has 1 aromatic carbocycles. The van der Waals surface area contributed by atoms with Crippen LogP contribution in [0.2, 0.25) is 5.02 Å². The third-order valence-electron chi connectivity index (χ3n) is 4.17. The van der Waals surface area contributed by atoms with Crippen LogP contribution >= 0.6 is 11.6 Å². The summed E-state index contributed by atoms with van der Waals surface area (Å²) in [4.78, 5) is 2.61. The van der Waals surface area contributed by atoms with Gasteiger partial charge in [0.25, 0.3) is 0 Å². The van der Waals surface area contributed by atoms with Gasteiger partial charge in [-0.2, -0.15) is 0 Å². The number of hydrogen-bond donors (Lipinski definition) is 1. The first-order valence-corrected chi connectivity index (χ1v) is 8.38. The summed E-state index contributed by atoms with van der Waals surface area (Å²) in [6.45, 7) is 7.17. The van der Waals surface area contributed by atoms with Crippen LogP contribution < -0.4 is 5.32 Å². The molecule has 2 rings (SSSR count). The minimum atomic E-state index is 0.452. The molecule has 1 saturated heterocycles. The van der Waals surface area contributed by atoms with E-state index in [9.17, 15) is 0 Å². The first kappa shape index (κ1) is 15.8. The van der Waals surface area contributed by atoms with Gasteiger partial charge >= 0.3 is 0 Å². The Labute approximate surface area is 128 Å². The maximum absolute atomic E-state index is 5.95. The molecule has 0 spiro atoms. The Balaban J connectivity index is 1.69. The van der Waals surface area contributed by atoms with Gasteiger partial charge in [-0.1, -0.05) is 37.1 Å². The third kappa shape index (κ3) is 5.08. The predicted molar refractivity (Wildman–Crippen MR) is 87.4 cm³/mol. The van der Waals surface area contributed by atoms with Crippen molar-refractivity contribution < 1.29 is 0 Å². The van der Waals surface area contributed by atoms with Crippen molar-refractivity contribution in [3.05, 3.63) is 34.9 Å². The number of likely N-dealkylation sites (tertiary alicyclic amines) is 1. The predicted octanol–water partition coefficient (Wildman–Crippen LogP) is 4.26. The van der Waals surface area contributed by atoms with Gasteiger partial charge in [-0.15, -0.1) is 0 Å². The minimum absolute atomic E-state index is 0.452. The van der Waals surface area contributed by atoms with Gasteiger partial charge < -0.3 is 10.2 Å². The molecule has 1 aliphatic rings. The Morgan fingerprint density at radius 2 is 1.85 bits per heavy atom. The van der Waals surface area contributed by atoms with Crippen LogP contribution in [0.15, 0.2) is 24.3 Å². The normalized spacial score (nSPS) is 18.1. The quantitative estimate of drug-likeness (QED) is 0.756. The van der Waals surface area contributed by atoms with Crippen LogP contribution in [0.3, 0.4) is 0 Å². The van der Waals surface area contributed by atoms with E-state index in [1.165, 1.54) is 50.9 Å². The van der Waals surface area contributed by atoms with Gasteiger partial charge in [0.05, 0.1) is 0 Å². The van der Waals surface area contributed by atoms with Gasteiger partial charge in [0.1, 0.15) is 0 Å². The summed E-state index contributed by atoms with van der Waals surface area (Å²) in [5, 5.41) is 4.49.